The van der Waals surface area contributed by atoms with Crippen molar-refractivity contribution < 1.29 is 28.4 Å². The van der Waals surface area contributed by atoms with Crippen molar-refractivity contribution in [2.75, 3.05) is 41.7 Å². The summed E-state index contributed by atoms with van der Waals surface area (Å²) in [6.45, 7) is 5.79. The summed E-state index contributed by atoms with van der Waals surface area (Å²) >= 11 is 0. The summed E-state index contributed by atoms with van der Waals surface area (Å²) in [5.41, 5.74) is 4.11. The lowest BCUT2D eigenvalue weighted by atomic mass is 9.91. The monoisotopic (exact) mass is 600 g/mol. The third kappa shape index (κ3) is 8.10. The molecule has 44 heavy (non-hydrogen) atoms. The van der Waals surface area contributed by atoms with Crippen molar-refractivity contribution in [3.63, 3.8) is 0 Å². The molecule has 0 aliphatic carbocycles. The Bertz CT molecular complexity index is 1380. The van der Waals surface area contributed by atoms with Crippen LogP contribution in [0, 0.1) is 0 Å². The number of ether oxygens (including phenoxy) is 6. The van der Waals surface area contributed by atoms with E-state index in [-0.39, 0.29) is 0 Å². The molecule has 0 heterocycles. The van der Waals surface area contributed by atoms with Gasteiger partial charge in [0.15, 0.2) is 34.5 Å². The lowest BCUT2D eigenvalue weighted by molar-refractivity contribution is 0.259. The van der Waals surface area contributed by atoms with E-state index in [0.717, 1.165) is 70.2 Å². The van der Waals surface area contributed by atoms with Crippen molar-refractivity contribution in [2.45, 2.75) is 65.2 Å². The topological polar surface area (TPSA) is 55.4 Å². The Morgan fingerprint density at radius 2 is 0.818 bits per heavy atom. The number of benzene rings is 4. The Morgan fingerprint density at radius 1 is 0.409 bits per heavy atom. The third-order valence-corrected chi connectivity index (χ3v) is 7.94. The van der Waals surface area contributed by atoms with E-state index in [4.69, 9.17) is 28.4 Å². The molecule has 0 aliphatic heterocycles. The first-order valence-electron chi connectivity index (χ1n) is 15.9. The van der Waals surface area contributed by atoms with Gasteiger partial charge in [-0.15, -0.1) is 0 Å². The van der Waals surface area contributed by atoms with Gasteiger partial charge in [0.1, 0.15) is 0 Å². The molecular formula is C38H48O6. The van der Waals surface area contributed by atoms with Gasteiger partial charge in [-0.05, 0) is 94.4 Å². The molecule has 0 bridgehead atoms. The minimum atomic E-state index is 0.671. The largest absolute Gasteiger partial charge is 0.493 e. The van der Waals surface area contributed by atoms with Crippen molar-refractivity contribution in [3.8, 4) is 56.8 Å². The fourth-order valence-electron chi connectivity index (χ4n) is 5.44. The summed E-state index contributed by atoms with van der Waals surface area (Å²) in [7, 11) is 6.61. The highest BCUT2D eigenvalue weighted by molar-refractivity contribution is 5.98. The van der Waals surface area contributed by atoms with Gasteiger partial charge in [-0.25, -0.2) is 0 Å². The molecule has 4 aromatic carbocycles. The maximum absolute atomic E-state index is 6.36. The molecular weight excluding hydrogens is 552 g/mol. The highest BCUT2D eigenvalue weighted by Gasteiger charge is 2.17. The van der Waals surface area contributed by atoms with Gasteiger partial charge in [0.05, 0.1) is 41.7 Å². The number of fused-ring (bicyclic) bond motifs is 1. The van der Waals surface area contributed by atoms with Crippen molar-refractivity contribution in [3.05, 3.63) is 60.7 Å². The number of hydrogen-bond donors (Lipinski definition) is 0. The second kappa shape index (κ2) is 16.7. The first-order chi connectivity index (χ1) is 21.6. The van der Waals surface area contributed by atoms with Crippen LogP contribution in [0.3, 0.4) is 0 Å². The summed E-state index contributed by atoms with van der Waals surface area (Å²) in [6.07, 6.45) is 9.20. The van der Waals surface area contributed by atoms with Gasteiger partial charge in [0.25, 0.3) is 0 Å². The SMILES string of the molecule is CCCCCCOc1cc2cc(-c3ccc(OC)c(OC)c3)c(-c3ccc(OC)c(OC)c3)cc2cc1OCCCCCC. The smallest absolute Gasteiger partial charge is 0.161 e. The summed E-state index contributed by atoms with van der Waals surface area (Å²) in [6, 6.07) is 20.7. The quantitative estimate of drug-likeness (QED) is 0.106. The van der Waals surface area contributed by atoms with Crippen LogP contribution in [0.2, 0.25) is 0 Å². The van der Waals surface area contributed by atoms with Crippen LogP contribution in [0.5, 0.6) is 34.5 Å². The van der Waals surface area contributed by atoms with Crippen LogP contribution >= 0.6 is 0 Å². The maximum Gasteiger partial charge on any atom is 0.161 e. The molecule has 0 radical (unpaired) electrons. The molecule has 0 aromatic heterocycles. The third-order valence-electron chi connectivity index (χ3n) is 7.94. The van der Waals surface area contributed by atoms with Gasteiger partial charge < -0.3 is 28.4 Å². The van der Waals surface area contributed by atoms with Gasteiger partial charge in [0, 0.05) is 0 Å². The van der Waals surface area contributed by atoms with Crippen LogP contribution in [-0.2, 0) is 0 Å². The van der Waals surface area contributed by atoms with E-state index < -0.39 is 0 Å². The zero-order valence-corrected chi connectivity index (χ0v) is 27.3. The van der Waals surface area contributed by atoms with Crippen molar-refractivity contribution in [1.29, 1.82) is 0 Å². The summed E-state index contributed by atoms with van der Waals surface area (Å²) in [4.78, 5) is 0. The average molecular weight is 601 g/mol. The van der Waals surface area contributed by atoms with E-state index in [2.05, 4.69) is 50.2 Å². The molecule has 6 heteroatoms. The van der Waals surface area contributed by atoms with E-state index in [1.54, 1.807) is 28.4 Å². The Balaban J connectivity index is 1.85. The molecule has 236 valence electrons. The summed E-state index contributed by atoms with van der Waals surface area (Å²) < 4.78 is 35.1. The first-order valence-corrected chi connectivity index (χ1v) is 15.9. The molecule has 0 amide bonds. The van der Waals surface area contributed by atoms with E-state index in [1.807, 2.05) is 24.3 Å². The van der Waals surface area contributed by atoms with Gasteiger partial charge in [0.2, 0.25) is 0 Å². The van der Waals surface area contributed by atoms with Crippen LogP contribution in [0.25, 0.3) is 33.0 Å². The van der Waals surface area contributed by atoms with Gasteiger partial charge >= 0.3 is 0 Å². The van der Waals surface area contributed by atoms with E-state index in [0.29, 0.717) is 36.2 Å². The normalized spacial score (nSPS) is 11.0. The summed E-state index contributed by atoms with van der Waals surface area (Å²) in [5.74, 6) is 4.30. The zero-order chi connectivity index (χ0) is 31.3. The molecule has 6 nitrogen and oxygen atoms in total. The molecule has 0 unspecified atom stereocenters. The van der Waals surface area contributed by atoms with E-state index >= 15 is 0 Å². The predicted octanol–water partition coefficient (Wildman–Crippen LogP) is 10.1. The molecule has 0 N–H and O–H groups in total. The minimum Gasteiger partial charge on any atom is -0.493 e. The first kappa shape index (κ1) is 32.8. The lowest BCUT2D eigenvalue weighted by Crippen LogP contribution is -2.03. The van der Waals surface area contributed by atoms with Crippen LogP contribution in [0.4, 0.5) is 0 Å². The highest BCUT2D eigenvalue weighted by Crippen LogP contribution is 2.43. The molecule has 0 saturated heterocycles. The van der Waals surface area contributed by atoms with Crippen LogP contribution < -0.4 is 28.4 Å². The Morgan fingerprint density at radius 3 is 1.18 bits per heavy atom. The minimum absolute atomic E-state index is 0.671. The van der Waals surface area contributed by atoms with Crippen LogP contribution in [0.1, 0.15) is 65.2 Å². The Labute approximate surface area is 263 Å². The molecule has 0 saturated carbocycles. The molecule has 0 fully saturated rings. The molecule has 4 aromatic rings. The Kier molecular flexibility index (Phi) is 12.5. The van der Waals surface area contributed by atoms with Gasteiger partial charge in [-0.1, -0.05) is 64.5 Å². The number of hydrogen-bond acceptors (Lipinski definition) is 6. The van der Waals surface area contributed by atoms with Crippen molar-refractivity contribution >= 4 is 10.8 Å². The Hall–Kier alpha value is -4.06. The maximum atomic E-state index is 6.36. The molecule has 0 atom stereocenters. The summed E-state index contributed by atoms with van der Waals surface area (Å²) in [5, 5.41) is 2.14. The second-order valence-electron chi connectivity index (χ2n) is 11.0. The number of rotatable bonds is 18. The number of unbranched alkanes of at least 4 members (excludes halogenated alkanes) is 6. The average Bonchev–Trinajstić information content (AvgIpc) is 3.06. The van der Waals surface area contributed by atoms with Crippen LogP contribution in [-0.4, -0.2) is 41.7 Å². The number of methoxy groups -OCH3 is 4. The van der Waals surface area contributed by atoms with Crippen molar-refractivity contribution in [1.82, 2.24) is 0 Å². The highest BCUT2D eigenvalue weighted by atomic mass is 16.5. The second-order valence-corrected chi connectivity index (χ2v) is 11.0. The standard InChI is InChI=1S/C38H48O6/c1-7-9-11-13-19-43-37-25-29-21-31(27-15-17-33(39-3)35(23-27)41-5)32(28-16-18-34(40-4)36(24-28)42-6)22-30(29)26-38(37)44-20-14-12-10-8-2/h15-18,21-26H,7-14,19-20H2,1-6H3. The fourth-order valence-corrected chi connectivity index (χ4v) is 5.44. The van der Waals surface area contributed by atoms with E-state index in [1.165, 1.54) is 25.7 Å². The molecule has 0 aliphatic rings. The predicted molar refractivity (Wildman–Crippen MR) is 180 cm³/mol. The lowest BCUT2D eigenvalue weighted by Gasteiger charge is -2.18. The fraction of sp³-hybridized carbons (Fsp3) is 0.421. The van der Waals surface area contributed by atoms with Gasteiger partial charge in [-0.2, -0.15) is 0 Å². The van der Waals surface area contributed by atoms with Crippen molar-refractivity contribution in [2.24, 2.45) is 0 Å². The van der Waals surface area contributed by atoms with Crippen LogP contribution in [0.15, 0.2) is 60.7 Å². The zero-order valence-electron chi connectivity index (χ0n) is 27.3. The molecule has 0 spiro atoms. The van der Waals surface area contributed by atoms with Gasteiger partial charge in [-0.3, -0.25) is 0 Å². The molecule has 4 rings (SSSR count). The van der Waals surface area contributed by atoms with E-state index in [9.17, 15) is 0 Å².